The lowest BCUT2D eigenvalue weighted by Gasteiger charge is -2.22. The fraction of sp³-hybridized carbons (Fsp3) is 0.778. The van der Waals surface area contributed by atoms with Crippen LogP contribution in [-0.2, 0) is 9.59 Å². The second kappa shape index (κ2) is 4.95. The fourth-order valence-corrected chi connectivity index (χ4v) is 0.915. The molecule has 0 saturated heterocycles. The first-order chi connectivity index (χ1) is 6.26. The van der Waals surface area contributed by atoms with Crippen LogP contribution in [0.15, 0.2) is 0 Å². The van der Waals surface area contributed by atoms with Crippen molar-refractivity contribution in [3.8, 4) is 0 Å². The van der Waals surface area contributed by atoms with E-state index in [1.807, 2.05) is 0 Å². The van der Waals surface area contributed by atoms with Gasteiger partial charge in [-0.25, -0.2) is 0 Å². The molecule has 0 heterocycles. The molecule has 1 unspecified atom stereocenters. The zero-order valence-corrected chi connectivity index (χ0v) is 8.66. The van der Waals surface area contributed by atoms with Crippen LogP contribution in [0.5, 0.6) is 0 Å². The maximum absolute atomic E-state index is 11.2. The van der Waals surface area contributed by atoms with Crippen LogP contribution in [0.25, 0.3) is 0 Å². The molecule has 5 heteroatoms. The smallest absolute Gasteiger partial charge is 0.221 e. The average molecular weight is 202 g/mol. The highest BCUT2D eigenvalue weighted by atomic mass is 16.4. The summed E-state index contributed by atoms with van der Waals surface area (Å²) in [6, 6.07) is 0. The standard InChI is InChI=1S/C9H17NO4/c1-9(2,3)10-7(12)4-6(5-11)8(13)14/h6,11H,4-5H2,1-3H3,(H,10,12)(H,13,14)/p-1. The van der Waals surface area contributed by atoms with Crippen molar-refractivity contribution < 1.29 is 19.8 Å². The van der Waals surface area contributed by atoms with Crippen LogP contribution in [-0.4, -0.2) is 29.1 Å². The van der Waals surface area contributed by atoms with Gasteiger partial charge in [0.15, 0.2) is 0 Å². The number of carbonyl (C=O) groups is 2. The van der Waals surface area contributed by atoms with Gasteiger partial charge in [0, 0.05) is 23.8 Å². The molecule has 0 aromatic heterocycles. The van der Waals surface area contributed by atoms with Gasteiger partial charge in [-0.3, -0.25) is 4.79 Å². The number of amides is 1. The molecule has 82 valence electrons. The number of carboxylic acid groups (broad SMARTS) is 1. The van der Waals surface area contributed by atoms with E-state index in [-0.39, 0.29) is 6.42 Å². The van der Waals surface area contributed by atoms with E-state index in [4.69, 9.17) is 5.11 Å². The molecular weight excluding hydrogens is 186 g/mol. The van der Waals surface area contributed by atoms with Gasteiger partial charge in [0.05, 0.1) is 6.61 Å². The molecule has 0 spiro atoms. The Morgan fingerprint density at radius 2 is 1.93 bits per heavy atom. The lowest BCUT2D eigenvalue weighted by atomic mass is 10.0. The summed E-state index contributed by atoms with van der Waals surface area (Å²) in [5.74, 6) is -2.94. The molecule has 1 amide bonds. The third-order valence-corrected chi connectivity index (χ3v) is 1.50. The number of hydrogen-bond donors (Lipinski definition) is 2. The van der Waals surface area contributed by atoms with E-state index in [9.17, 15) is 14.7 Å². The van der Waals surface area contributed by atoms with Crippen molar-refractivity contribution in [2.45, 2.75) is 32.7 Å². The van der Waals surface area contributed by atoms with E-state index in [0.717, 1.165) is 0 Å². The number of aliphatic hydroxyl groups excluding tert-OH is 1. The van der Waals surface area contributed by atoms with Gasteiger partial charge in [0.2, 0.25) is 5.91 Å². The number of rotatable bonds is 4. The van der Waals surface area contributed by atoms with Crippen LogP contribution in [0, 0.1) is 5.92 Å². The van der Waals surface area contributed by atoms with Gasteiger partial charge in [-0.05, 0) is 20.8 Å². The van der Waals surface area contributed by atoms with Crippen LogP contribution < -0.4 is 10.4 Å². The van der Waals surface area contributed by atoms with E-state index in [1.165, 1.54) is 0 Å². The van der Waals surface area contributed by atoms with Crippen LogP contribution in [0.1, 0.15) is 27.2 Å². The minimum atomic E-state index is -1.41. The Kier molecular flexibility index (Phi) is 4.56. The van der Waals surface area contributed by atoms with E-state index in [2.05, 4.69) is 5.32 Å². The predicted octanol–water partition coefficient (Wildman–Crippen LogP) is -1.35. The fourth-order valence-electron chi connectivity index (χ4n) is 0.915. The highest BCUT2D eigenvalue weighted by Crippen LogP contribution is 2.04. The quantitative estimate of drug-likeness (QED) is 0.589. The molecule has 0 bridgehead atoms. The molecule has 5 nitrogen and oxygen atoms in total. The van der Waals surface area contributed by atoms with Crippen LogP contribution in [0.3, 0.4) is 0 Å². The van der Waals surface area contributed by atoms with Gasteiger partial charge in [0.1, 0.15) is 0 Å². The minimum absolute atomic E-state index is 0.254. The topological polar surface area (TPSA) is 89.5 Å². The van der Waals surface area contributed by atoms with Gasteiger partial charge >= 0.3 is 0 Å². The summed E-state index contributed by atoms with van der Waals surface area (Å²) >= 11 is 0. The van der Waals surface area contributed by atoms with E-state index in [0.29, 0.717) is 0 Å². The van der Waals surface area contributed by atoms with Crippen molar-refractivity contribution in [1.82, 2.24) is 5.32 Å². The average Bonchev–Trinajstić information content (AvgIpc) is 1.96. The molecule has 0 rings (SSSR count). The molecule has 2 N–H and O–H groups in total. The number of carboxylic acids is 1. The van der Waals surface area contributed by atoms with Crippen molar-refractivity contribution in [2.75, 3.05) is 6.61 Å². The normalized spacial score (nSPS) is 13.4. The third kappa shape index (κ3) is 5.53. The number of hydrogen-bond acceptors (Lipinski definition) is 4. The molecule has 0 aromatic rings. The molecule has 0 radical (unpaired) electrons. The van der Waals surface area contributed by atoms with Crippen molar-refractivity contribution >= 4 is 11.9 Å². The largest absolute Gasteiger partial charge is 0.550 e. The predicted molar refractivity (Wildman–Crippen MR) is 48.1 cm³/mol. The van der Waals surface area contributed by atoms with E-state index >= 15 is 0 Å². The second-order valence-corrected chi connectivity index (χ2v) is 4.20. The second-order valence-electron chi connectivity index (χ2n) is 4.20. The molecule has 0 aliphatic rings. The molecule has 0 aliphatic heterocycles. The molecule has 0 aromatic carbocycles. The molecule has 0 saturated carbocycles. The van der Waals surface area contributed by atoms with E-state index < -0.39 is 29.9 Å². The van der Waals surface area contributed by atoms with Gasteiger partial charge in [-0.2, -0.15) is 0 Å². The summed E-state index contributed by atoms with van der Waals surface area (Å²) in [7, 11) is 0. The molecule has 0 fully saturated rings. The highest BCUT2D eigenvalue weighted by Gasteiger charge is 2.18. The van der Waals surface area contributed by atoms with Crippen LogP contribution >= 0.6 is 0 Å². The zero-order valence-electron chi connectivity index (χ0n) is 8.66. The number of aliphatic carboxylic acids is 1. The Morgan fingerprint density at radius 3 is 2.21 bits per heavy atom. The molecule has 14 heavy (non-hydrogen) atoms. The first-order valence-electron chi connectivity index (χ1n) is 4.39. The first kappa shape index (κ1) is 12.9. The summed E-state index contributed by atoms with van der Waals surface area (Å²) in [4.78, 5) is 21.6. The molecule has 1 atom stereocenters. The zero-order chi connectivity index (χ0) is 11.4. The monoisotopic (exact) mass is 202 g/mol. The summed E-state index contributed by atoms with van der Waals surface area (Å²) in [5.41, 5.74) is -0.400. The Bertz CT molecular complexity index is 219. The van der Waals surface area contributed by atoms with Crippen molar-refractivity contribution in [1.29, 1.82) is 0 Å². The van der Waals surface area contributed by atoms with Gasteiger partial charge in [0.25, 0.3) is 0 Å². The number of aliphatic hydroxyl groups is 1. The lowest BCUT2D eigenvalue weighted by Crippen LogP contribution is -2.44. The van der Waals surface area contributed by atoms with Gasteiger partial charge in [-0.1, -0.05) is 0 Å². The third-order valence-electron chi connectivity index (χ3n) is 1.50. The maximum Gasteiger partial charge on any atom is 0.221 e. The summed E-state index contributed by atoms with van der Waals surface area (Å²) in [5, 5.41) is 21.6. The number of carbonyl (C=O) groups excluding carboxylic acids is 2. The maximum atomic E-state index is 11.2. The van der Waals surface area contributed by atoms with Gasteiger partial charge < -0.3 is 20.3 Å². The van der Waals surface area contributed by atoms with Crippen LogP contribution in [0.2, 0.25) is 0 Å². The Balaban J connectivity index is 4.11. The highest BCUT2D eigenvalue weighted by molar-refractivity contribution is 5.82. The molecular formula is C9H16NO4-. The van der Waals surface area contributed by atoms with Crippen LogP contribution in [0.4, 0.5) is 0 Å². The first-order valence-corrected chi connectivity index (χ1v) is 4.39. The summed E-state index contributed by atoms with van der Waals surface area (Å²) in [6.07, 6.45) is -0.254. The van der Waals surface area contributed by atoms with Crippen molar-refractivity contribution in [3.63, 3.8) is 0 Å². The Labute approximate surface area is 83.1 Å². The summed E-state index contributed by atoms with van der Waals surface area (Å²) in [6.45, 7) is 4.79. The minimum Gasteiger partial charge on any atom is -0.550 e. The SMILES string of the molecule is CC(C)(C)NC(=O)CC(CO)C(=O)[O-]. The Hall–Kier alpha value is -1.10. The summed E-state index contributed by atoms with van der Waals surface area (Å²) < 4.78 is 0. The number of nitrogens with one attached hydrogen (secondary N) is 1. The van der Waals surface area contributed by atoms with Gasteiger partial charge in [-0.15, -0.1) is 0 Å². The lowest BCUT2D eigenvalue weighted by molar-refractivity contribution is -0.312. The van der Waals surface area contributed by atoms with Crippen molar-refractivity contribution in [2.24, 2.45) is 5.92 Å². The van der Waals surface area contributed by atoms with E-state index in [1.54, 1.807) is 20.8 Å². The van der Waals surface area contributed by atoms with Crippen molar-refractivity contribution in [3.05, 3.63) is 0 Å². The Morgan fingerprint density at radius 1 is 1.43 bits per heavy atom. The molecule has 0 aliphatic carbocycles.